The van der Waals surface area contributed by atoms with Crippen molar-refractivity contribution in [1.82, 2.24) is 0 Å². The van der Waals surface area contributed by atoms with Crippen LogP contribution in [0.3, 0.4) is 0 Å². The quantitative estimate of drug-likeness (QED) is 0.326. The van der Waals surface area contributed by atoms with Crippen molar-refractivity contribution in [2.24, 2.45) is 0 Å². The van der Waals surface area contributed by atoms with Crippen LogP contribution < -0.4 is 4.74 Å². The van der Waals surface area contributed by atoms with E-state index in [0.717, 1.165) is 10.0 Å². The predicted octanol–water partition coefficient (Wildman–Crippen LogP) is 6.38. The molecule has 0 saturated carbocycles. The van der Waals surface area contributed by atoms with E-state index in [1.807, 2.05) is 18.2 Å². The van der Waals surface area contributed by atoms with Crippen LogP contribution in [-0.4, -0.2) is 6.61 Å². The minimum Gasteiger partial charge on any atom is -0.489 e. The molecule has 0 aliphatic carbocycles. The molecule has 0 atom stereocenters. The molecule has 0 fully saturated rings. The number of ether oxygens (including phenoxy) is 1. The van der Waals surface area contributed by atoms with E-state index in [-0.39, 0.29) is 0 Å². The van der Waals surface area contributed by atoms with Gasteiger partial charge >= 0.3 is 0 Å². The molecular formula is C18H12BrCl2NO. The van der Waals surface area contributed by atoms with Gasteiger partial charge in [-0.05, 0) is 42.0 Å². The molecule has 0 radical (unpaired) electrons. The van der Waals surface area contributed by atoms with Crippen LogP contribution in [0.15, 0.2) is 53.5 Å². The average molecular weight is 409 g/mol. The lowest BCUT2D eigenvalue weighted by Gasteiger charge is -2.09. The van der Waals surface area contributed by atoms with E-state index in [1.165, 1.54) is 0 Å². The lowest BCUT2D eigenvalue weighted by molar-refractivity contribution is 0.362. The van der Waals surface area contributed by atoms with Crippen LogP contribution in [0, 0.1) is 11.3 Å². The number of allylic oxidation sites excluding steroid dienone is 1. The summed E-state index contributed by atoms with van der Waals surface area (Å²) in [6.45, 7) is 4.02. The molecule has 0 aliphatic rings. The molecule has 0 aromatic heterocycles. The monoisotopic (exact) mass is 407 g/mol. The van der Waals surface area contributed by atoms with Gasteiger partial charge in [0, 0.05) is 10.0 Å². The number of nitrogens with zero attached hydrogens (tertiary/aromatic N) is 1. The van der Waals surface area contributed by atoms with Crippen LogP contribution in [0.25, 0.3) is 11.6 Å². The van der Waals surface area contributed by atoms with Crippen LogP contribution >= 0.6 is 39.1 Å². The van der Waals surface area contributed by atoms with Crippen LogP contribution in [0.2, 0.25) is 10.0 Å². The number of hydrogen-bond acceptors (Lipinski definition) is 2. The minimum absolute atomic E-state index is 0.386. The lowest BCUT2D eigenvalue weighted by atomic mass is 10.0. The zero-order valence-electron chi connectivity index (χ0n) is 12.0. The van der Waals surface area contributed by atoms with Gasteiger partial charge in [-0.3, -0.25) is 0 Å². The zero-order valence-corrected chi connectivity index (χ0v) is 15.1. The fraction of sp³-hybridized carbons (Fsp3) is 0.0556. The molecule has 5 heteroatoms. The van der Waals surface area contributed by atoms with Gasteiger partial charge in [0.2, 0.25) is 0 Å². The van der Waals surface area contributed by atoms with Crippen molar-refractivity contribution in [3.63, 3.8) is 0 Å². The molecule has 0 N–H and O–H groups in total. The Hall–Kier alpha value is -1.73. The first-order valence-corrected chi connectivity index (χ1v) is 8.20. The highest BCUT2D eigenvalue weighted by Gasteiger charge is 2.08. The molecule has 0 amide bonds. The number of halogens is 3. The highest BCUT2D eigenvalue weighted by atomic mass is 79.9. The molecule has 2 nitrogen and oxygen atoms in total. The third-order valence-electron chi connectivity index (χ3n) is 2.98. The topological polar surface area (TPSA) is 33.0 Å². The van der Waals surface area contributed by atoms with E-state index >= 15 is 0 Å². The zero-order chi connectivity index (χ0) is 16.8. The van der Waals surface area contributed by atoms with Gasteiger partial charge in [-0.25, -0.2) is 0 Å². The van der Waals surface area contributed by atoms with Gasteiger partial charge in [-0.2, -0.15) is 5.26 Å². The van der Waals surface area contributed by atoms with E-state index in [2.05, 4.69) is 28.6 Å². The van der Waals surface area contributed by atoms with E-state index in [0.29, 0.717) is 33.5 Å². The average Bonchev–Trinajstić information content (AvgIpc) is 2.54. The van der Waals surface area contributed by atoms with Crippen molar-refractivity contribution < 1.29 is 4.74 Å². The van der Waals surface area contributed by atoms with Gasteiger partial charge in [0.1, 0.15) is 12.4 Å². The molecular weight excluding hydrogens is 397 g/mol. The van der Waals surface area contributed by atoms with E-state index in [9.17, 15) is 5.26 Å². The fourth-order valence-corrected chi connectivity index (χ4v) is 2.59. The Morgan fingerprint density at radius 1 is 1.22 bits per heavy atom. The predicted molar refractivity (Wildman–Crippen MR) is 99.8 cm³/mol. The fourth-order valence-electron chi connectivity index (χ4n) is 1.91. The van der Waals surface area contributed by atoms with Crippen molar-refractivity contribution in [2.75, 3.05) is 6.61 Å². The molecule has 0 spiro atoms. The molecule has 0 aliphatic heterocycles. The molecule has 0 heterocycles. The summed E-state index contributed by atoms with van der Waals surface area (Å²) in [6.07, 6.45) is 3.42. The SMILES string of the molecule is C=CCOc1ccc(Br)cc1/C=C(/C#N)c1ccc(Cl)c(Cl)c1. The lowest BCUT2D eigenvalue weighted by Crippen LogP contribution is -1.95. The summed E-state index contributed by atoms with van der Waals surface area (Å²) in [5.74, 6) is 0.668. The van der Waals surface area contributed by atoms with E-state index in [4.69, 9.17) is 27.9 Å². The van der Waals surface area contributed by atoms with Crippen LogP contribution in [0.5, 0.6) is 5.75 Å². The second-order valence-corrected chi connectivity index (χ2v) is 6.31. The van der Waals surface area contributed by atoms with Gasteiger partial charge in [0.05, 0.1) is 21.7 Å². The summed E-state index contributed by atoms with van der Waals surface area (Å²) in [7, 11) is 0. The third kappa shape index (κ3) is 4.62. The van der Waals surface area contributed by atoms with Crippen molar-refractivity contribution in [3.8, 4) is 11.8 Å². The first-order chi connectivity index (χ1) is 11.0. The van der Waals surface area contributed by atoms with Gasteiger partial charge in [0.15, 0.2) is 0 Å². The molecule has 0 unspecified atom stereocenters. The summed E-state index contributed by atoms with van der Waals surface area (Å²) >= 11 is 15.4. The molecule has 2 rings (SSSR count). The Kier molecular flexibility index (Phi) is 6.29. The standard InChI is InChI=1S/C18H12BrCl2NO/c1-2-7-23-18-6-4-15(19)9-13(18)8-14(11-22)12-3-5-16(20)17(21)10-12/h2-6,8-10H,1,7H2/b14-8-. The van der Waals surface area contributed by atoms with Crippen LogP contribution in [0.1, 0.15) is 11.1 Å². The Morgan fingerprint density at radius 3 is 2.65 bits per heavy atom. The summed E-state index contributed by atoms with van der Waals surface area (Å²) in [5, 5.41) is 10.3. The van der Waals surface area contributed by atoms with Crippen molar-refractivity contribution >= 4 is 50.8 Å². The van der Waals surface area contributed by atoms with E-state index in [1.54, 1.807) is 30.4 Å². The Bertz CT molecular complexity index is 809. The highest BCUT2D eigenvalue weighted by Crippen LogP contribution is 2.30. The Labute approximate surface area is 153 Å². The second-order valence-electron chi connectivity index (χ2n) is 4.58. The summed E-state index contributed by atoms with van der Waals surface area (Å²) in [6, 6.07) is 12.9. The van der Waals surface area contributed by atoms with Crippen molar-refractivity contribution in [1.29, 1.82) is 5.26 Å². The first kappa shape index (κ1) is 17.6. The molecule has 2 aromatic rings. The smallest absolute Gasteiger partial charge is 0.127 e. The second kappa shape index (κ2) is 8.21. The number of benzene rings is 2. The maximum absolute atomic E-state index is 9.47. The Morgan fingerprint density at radius 2 is 2.00 bits per heavy atom. The molecule has 0 bridgehead atoms. The number of hydrogen-bond donors (Lipinski definition) is 0. The van der Waals surface area contributed by atoms with Gasteiger partial charge in [0.25, 0.3) is 0 Å². The van der Waals surface area contributed by atoms with Crippen molar-refractivity contribution in [3.05, 3.63) is 74.7 Å². The minimum atomic E-state index is 0.386. The third-order valence-corrected chi connectivity index (χ3v) is 4.21. The highest BCUT2D eigenvalue weighted by molar-refractivity contribution is 9.10. The summed E-state index contributed by atoms with van der Waals surface area (Å²) < 4.78 is 6.52. The van der Waals surface area contributed by atoms with Crippen molar-refractivity contribution in [2.45, 2.75) is 0 Å². The molecule has 116 valence electrons. The van der Waals surface area contributed by atoms with Gasteiger partial charge in [-0.1, -0.05) is 57.9 Å². The maximum atomic E-state index is 9.47. The van der Waals surface area contributed by atoms with Crippen LogP contribution in [0.4, 0.5) is 0 Å². The molecule has 0 saturated heterocycles. The Balaban J connectivity index is 2.48. The maximum Gasteiger partial charge on any atom is 0.127 e. The van der Waals surface area contributed by atoms with Gasteiger partial charge in [-0.15, -0.1) is 0 Å². The van der Waals surface area contributed by atoms with E-state index < -0.39 is 0 Å². The normalized spacial score (nSPS) is 11.0. The van der Waals surface area contributed by atoms with Crippen LogP contribution in [-0.2, 0) is 0 Å². The number of nitriles is 1. The first-order valence-electron chi connectivity index (χ1n) is 6.65. The largest absolute Gasteiger partial charge is 0.489 e. The molecule has 2 aromatic carbocycles. The van der Waals surface area contributed by atoms with Gasteiger partial charge < -0.3 is 4.74 Å². The summed E-state index contributed by atoms with van der Waals surface area (Å²) in [5.41, 5.74) is 1.94. The summed E-state index contributed by atoms with van der Waals surface area (Å²) in [4.78, 5) is 0. The molecule has 23 heavy (non-hydrogen) atoms. The number of rotatable bonds is 5.